The fourth-order valence-electron chi connectivity index (χ4n) is 3.23. The molecule has 0 saturated carbocycles. The SMILES string of the molecule is O=C(c1ccc(Cl)cc1F)N1CCN(c2ccnc3cc(Br)cnc23)CC1. The Morgan fingerprint density at radius 1 is 1.11 bits per heavy atom. The van der Waals surface area contributed by atoms with Gasteiger partial charge in [-0.1, -0.05) is 11.6 Å². The smallest absolute Gasteiger partial charge is 0.256 e. The molecule has 5 nitrogen and oxygen atoms in total. The Morgan fingerprint density at radius 2 is 1.89 bits per heavy atom. The van der Waals surface area contributed by atoms with Crippen LogP contribution < -0.4 is 4.90 Å². The summed E-state index contributed by atoms with van der Waals surface area (Å²) >= 11 is 9.18. The summed E-state index contributed by atoms with van der Waals surface area (Å²) in [5.41, 5.74) is 2.67. The Hall–Kier alpha value is -2.25. The molecule has 27 heavy (non-hydrogen) atoms. The molecule has 4 rings (SSSR count). The zero-order valence-corrected chi connectivity index (χ0v) is 16.5. The van der Waals surface area contributed by atoms with Gasteiger partial charge in [-0.05, 0) is 46.3 Å². The van der Waals surface area contributed by atoms with E-state index in [-0.39, 0.29) is 16.5 Å². The van der Waals surface area contributed by atoms with Crippen molar-refractivity contribution in [3.8, 4) is 0 Å². The van der Waals surface area contributed by atoms with Gasteiger partial charge in [0, 0.05) is 48.1 Å². The van der Waals surface area contributed by atoms with Crippen LogP contribution in [0.3, 0.4) is 0 Å². The summed E-state index contributed by atoms with van der Waals surface area (Å²) in [6.45, 7) is 2.28. The molecule has 1 saturated heterocycles. The molecule has 3 heterocycles. The number of hydrogen-bond donors (Lipinski definition) is 0. The molecule has 0 atom stereocenters. The normalized spacial score (nSPS) is 14.6. The van der Waals surface area contributed by atoms with Gasteiger partial charge < -0.3 is 9.80 Å². The van der Waals surface area contributed by atoms with Crippen LogP contribution in [0.5, 0.6) is 0 Å². The number of hydrogen-bond acceptors (Lipinski definition) is 4. The van der Waals surface area contributed by atoms with Crippen LogP contribution in [-0.2, 0) is 0 Å². The largest absolute Gasteiger partial charge is 0.366 e. The minimum atomic E-state index is -0.593. The van der Waals surface area contributed by atoms with Gasteiger partial charge in [-0.2, -0.15) is 0 Å². The summed E-state index contributed by atoms with van der Waals surface area (Å²) in [6.07, 6.45) is 3.50. The average molecular weight is 450 g/mol. The zero-order valence-electron chi connectivity index (χ0n) is 14.2. The molecule has 138 valence electrons. The Balaban J connectivity index is 1.52. The second kappa shape index (κ2) is 7.40. The van der Waals surface area contributed by atoms with E-state index in [4.69, 9.17) is 11.6 Å². The number of pyridine rings is 2. The third-order valence-corrected chi connectivity index (χ3v) is 5.26. The van der Waals surface area contributed by atoms with E-state index in [2.05, 4.69) is 30.8 Å². The minimum absolute atomic E-state index is 0.0497. The van der Waals surface area contributed by atoms with Gasteiger partial charge >= 0.3 is 0 Å². The highest BCUT2D eigenvalue weighted by molar-refractivity contribution is 9.10. The van der Waals surface area contributed by atoms with Crippen LogP contribution in [0.15, 0.2) is 47.2 Å². The molecule has 0 spiro atoms. The van der Waals surface area contributed by atoms with E-state index in [1.54, 1.807) is 17.3 Å². The molecule has 0 aliphatic carbocycles. The van der Waals surface area contributed by atoms with Crippen LogP contribution in [0.4, 0.5) is 10.1 Å². The number of fused-ring (bicyclic) bond motifs is 1. The maximum atomic E-state index is 14.0. The van der Waals surface area contributed by atoms with Crippen molar-refractivity contribution in [1.29, 1.82) is 0 Å². The summed E-state index contributed by atoms with van der Waals surface area (Å²) < 4.78 is 14.9. The van der Waals surface area contributed by atoms with Crippen molar-refractivity contribution in [2.24, 2.45) is 0 Å². The molecular weight excluding hydrogens is 435 g/mol. The van der Waals surface area contributed by atoms with Crippen molar-refractivity contribution in [1.82, 2.24) is 14.9 Å². The number of aromatic nitrogens is 2. The molecule has 0 unspecified atom stereocenters. The van der Waals surface area contributed by atoms with Crippen molar-refractivity contribution < 1.29 is 9.18 Å². The highest BCUT2D eigenvalue weighted by Gasteiger charge is 2.25. The topological polar surface area (TPSA) is 49.3 Å². The number of piperazine rings is 1. The molecule has 3 aromatic rings. The molecule has 0 N–H and O–H groups in total. The summed E-state index contributed by atoms with van der Waals surface area (Å²) in [5.74, 6) is -0.907. The first kappa shape index (κ1) is 18.1. The molecule has 8 heteroatoms. The number of anilines is 1. The van der Waals surface area contributed by atoms with Gasteiger partial charge in [0.1, 0.15) is 11.3 Å². The first-order valence-electron chi connectivity index (χ1n) is 8.42. The molecule has 1 aliphatic rings. The van der Waals surface area contributed by atoms with Crippen LogP contribution in [-0.4, -0.2) is 47.0 Å². The minimum Gasteiger partial charge on any atom is -0.366 e. The Bertz CT molecular complexity index is 1020. The van der Waals surface area contributed by atoms with Crippen LogP contribution in [0.1, 0.15) is 10.4 Å². The molecule has 2 aromatic heterocycles. The van der Waals surface area contributed by atoms with Gasteiger partial charge in [0.25, 0.3) is 5.91 Å². The molecule has 1 aromatic carbocycles. The quantitative estimate of drug-likeness (QED) is 0.590. The number of carbonyl (C=O) groups excluding carboxylic acids is 1. The number of rotatable bonds is 2. The second-order valence-electron chi connectivity index (χ2n) is 6.25. The third kappa shape index (κ3) is 3.61. The standard InChI is InChI=1S/C19H15BrClFN4O/c20-12-9-16-18(24-11-12)17(3-4-23-16)25-5-7-26(8-6-25)19(27)14-2-1-13(21)10-15(14)22/h1-4,9-11H,5-8H2. The summed E-state index contributed by atoms with van der Waals surface area (Å²) in [5, 5.41) is 0.276. The second-order valence-corrected chi connectivity index (χ2v) is 7.61. The number of amides is 1. The first-order valence-corrected chi connectivity index (χ1v) is 9.59. The number of nitrogens with zero attached hydrogens (tertiary/aromatic N) is 4. The number of carbonyl (C=O) groups is 1. The summed E-state index contributed by atoms with van der Waals surface area (Å²) in [4.78, 5) is 25.3. The van der Waals surface area contributed by atoms with Crippen molar-refractivity contribution in [3.05, 3.63) is 63.6 Å². The van der Waals surface area contributed by atoms with Crippen molar-refractivity contribution >= 4 is 50.2 Å². The third-order valence-electron chi connectivity index (χ3n) is 4.59. The lowest BCUT2D eigenvalue weighted by Crippen LogP contribution is -2.49. The zero-order chi connectivity index (χ0) is 19.0. The lowest BCUT2D eigenvalue weighted by molar-refractivity contribution is 0.0742. The summed E-state index contributed by atoms with van der Waals surface area (Å²) in [7, 11) is 0. The van der Waals surface area contributed by atoms with Gasteiger partial charge in [-0.25, -0.2) is 4.39 Å². The summed E-state index contributed by atoms with van der Waals surface area (Å²) in [6, 6.07) is 7.98. The molecule has 1 fully saturated rings. The van der Waals surface area contributed by atoms with E-state index in [1.165, 1.54) is 12.1 Å². The van der Waals surface area contributed by atoms with E-state index in [1.807, 2.05) is 12.1 Å². The van der Waals surface area contributed by atoms with Gasteiger partial charge in [0.05, 0.1) is 16.8 Å². The first-order chi connectivity index (χ1) is 13.0. The van der Waals surface area contributed by atoms with E-state index in [0.29, 0.717) is 26.2 Å². The maximum Gasteiger partial charge on any atom is 0.256 e. The van der Waals surface area contributed by atoms with E-state index in [0.717, 1.165) is 27.3 Å². The van der Waals surface area contributed by atoms with Gasteiger partial charge in [-0.15, -0.1) is 0 Å². The molecule has 1 amide bonds. The van der Waals surface area contributed by atoms with Gasteiger partial charge in [-0.3, -0.25) is 14.8 Å². The van der Waals surface area contributed by atoms with E-state index >= 15 is 0 Å². The average Bonchev–Trinajstić information content (AvgIpc) is 2.67. The number of benzene rings is 1. The van der Waals surface area contributed by atoms with Crippen LogP contribution in [0, 0.1) is 5.82 Å². The maximum absolute atomic E-state index is 14.0. The molecule has 0 radical (unpaired) electrons. The highest BCUT2D eigenvalue weighted by Crippen LogP contribution is 2.26. The van der Waals surface area contributed by atoms with Crippen LogP contribution >= 0.6 is 27.5 Å². The predicted octanol–water partition coefficient (Wildman–Crippen LogP) is 4.15. The lowest BCUT2D eigenvalue weighted by atomic mass is 10.1. The molecule has 1 aliphatic heterocycles. The fraction of sp³-hybridized carbons (Fsp3) is 0.211. The monoisotopic (exact) mass is 448 g/mol. The highest BCUT2D eigenvalue weighted by atomic mass is 79.9. The van der Waals surface area contributed by atoms with Gasteiger partial charge in [0.2, 0.25) is 0 Å². The van der Waals surface area contributed by atoms with Crippen LogP contribution in [0.2, 0.25) is 5.02 Å². The lowest BCUT2D eigenvalue weighted by Gasteiger charge is -2.36. The fourth-order valence-corrected chi connectivity index (χ4v) is 3.71. The molecule has 0 bridgehead atoms. The molecular formula is C19H15BrClFN4O. The van der Waals surface area contributed by atoms with Crippen molar-refractivity contribution in [3.63, 3.8) is 0 Å². The Labute approximate surface area is 168 Å². The van der Waals surface area contributed by atoms with Crippen LogP contribution in [0.25, 0.3) is 11.0 Å². The van der Waals surface area contributed by atoms with E-state index < -0.39 is 5.82 Å². The van der Waals surface area contributed by atoms with E-state index in [9.17, 15) is 9.18 Å². The van der Waals surface area contributed by atoms with Gasteiger partial charge in [0.15, 0.2) is 0 Å². The Kier molecular flexibility index (Phi) is 4.97. The number of halogens is 3. The Morgan fingerprint density at radius 3 is 2.63 bits per heavy atom. The van der Waals surface area contributed by atoms with Crippen molar-refractivity contribution in [2.75, 3.05) is 31.1 Å². The van der Waals surface area contributed by atoms with Crippen molar-refractivity contribution in [2.45, 2.75) is 0 Å². The predicted molar refractivity (Wildman–Crippen MR) is 107 cm³/mol.